The number of ether oxygens (including phenoxy) is 2. The van der Waals surface area contributed by atoms with Crippen LogP contribution in [0.4, 0.5) is 0 Å². The molecule has 0 spiro atoms. The highest BCUT2D eigenvalue weighted by molar-refractivity contribution is 5.78. The van der Waals surface area contributed by atoms with Crippen LogP contribution >= 0.6 is 0 Å². The number of carbonyl (C=O) groups excluding carboxylic acids is 1. The van der Waals surface area contributed by atoms with Crippen LogP contribution in [-0.4, -0.2) is 51.2 Å². The molecule has 0 saturated heterocycles. The fraction of sp³-hybridized carbons (Fsp3) is 0.409. The maximum absolute atomic E-state index is 12.2. The van der Waals surface area contributed by atoms with E-state index >= 15 is 0 Å². The highest BCUT2D eigenvalue weighted by atomic mass is 16.5. The van der Waals surface area contributed by atoms with E-state index in [2.05, 4.69) is 16.3 Å². The fourth-order valence-corrected chi connectivity index (χ4v) is 3.33. The van der Waals surface area contributed by atoms with Gasteiger partial charge in [0, 0.05) is 19.6 Å². The van der Waals surface area contributed by atoms with Gasteiger partial charge in [-0.15, -0.1) is 0 Å². The molecule has 1 aliphatic heterocycles. The van der Waals surface area contributed by atoms with Crippen molar-refractivity contribution in [1.82, 2.24) is 10.2 Å². The Labute approximate surface area is 166 Å². The molecule has 0 unspecified atom stereocenters. The minimum atomic E-state index is 0.0474. The van der Waals surface area contributed by atoms with E-state index < -0.39 is 0 Å². The van der Waals surface area contributed by atoms with Crippen molar-refractivity contribution in [2.45, 2.75) is 19.8 Å². The number of amides is 1. The summed E-state index contributed by atoms with van der Waals surface area (Å²) in [5, 5.41) is 3.00. The lowest BCUT2D eigenvalue weighted by Crippen LogP contribution is -2.39. The van der Waals surface area contributed by atoms with Gasteiger partial charge in [0.25, 0.3) is 0 Å². The number of rotatable bonds is 8. The van der Waals surface area contributed by atoms with Crippen LogP contribution < -0.4 is 14.8 Å². The molecule has 28 heavy (non-hydrogen) atoms. The van der Waals surface area contributed by atoms with E-state index in [1.807, 2.05) is 37.3 Å². The Morgan fingerprint density at radius 2 is 2.00 bits per heavy atom. The zero-order valence-electron chi connectivity index (χ0n) is 16.8. The van der Waals surface area contributed by atoms with Gasteiger partial charge in [-0.2, -0.15) is 0 Å². The molecule has 1 amide bonds. The van der Waals surface area contributed by atoms with Gasteiger partial charge in [0.05, 0.1) is 20.8 Å². The van der Waals surface area contributed by atoms with Gasteiger partial charge in [-0.25, -0.2) is 0 Å². The molecule has 0 aliphatic carbocycles. The van der Waals surface area contributed by atoms with Crippen LogP contribution in [-0.2, 0) is 11.2 Å². The average Bonchev–Trinajstić information content (AvgIpc) is 3.14. The van der Waals surface area contributed by atoms with Gasteiger partial charge >= 0.3 is 0 Å². The van der Waals surface area contributed by atoms with Crippen LogP contribution in [0.5, 0.6) is 11.5 Å². The highest BCUT2D eigenvalue weighted by Gasteiger charge is 2.17. The number of hydrogen-bond donors (Lipinski definition) is 1. The molecule has 2 aromatic rings. The first-order valence-corrected chi connectivity index (χ1v) is 9.55. The molecule has 1 aromatic heterocycles. The zero-order chi connectivity index (χ0) is 19.9. The summed E-state index contributed by atoms with van der Waals surface area (Å²) in [7, 11) is 3.24. The van der Waals surface area contributed by atoms with Crippen LogP contribution in [0.1, 0.15) is 23.5 Å². The monoisotopic (exact) mass is 384 g/mol. The molecule has 6 heteroatoms. The third-order valence-corrected chi connectivity index (χ3v) is 4.90. The van der Waals surface area contributed by atoms with Crippen molar-refractivity contribution in [3.8, 4) is 11.5 Å². The van der Waals surface area contributed by atoms with Crippen molar-refractivity contribution in [3.05, 3.63) is 53.5 Å². The van der Waals surface area contributed by atoms with E-state index in [9.17, 15) is 4.79 Å². The van der Waals surface area contributed by atoms with Crippen molar-refractivity contribution >= 4 is 11.5 Å². The van der Waals surface area contributed by atoms with E-state index in [0.717, 1.165) is 43.0 Å². The maximum Gasteiger partial charge on any atom is 0.234 e. The van der Waals surface area contributed by atoms with Crippen LogP contribution in [0.15, 0.2) is 40.8 Å². The summed E-state index contributed by atoms with van der Waals surface area (Å²) < 4.78 is 16.2. The van der Waals surface area contributed by atoms with E-state index in [1.165, 1.54) is 5.57 Å². The first kappa shape index (κ1) is 20.0. The van der Waals surface area contributed by atoms with Gasteiger partial charge in [0.1, 0.15) is 11.5 Å². The zero-order valence-corrected chi connectivity index (χ0v) is 16.8. The average molecular weight is 384 g/mol. The predicted molar refractivity (Wildman–Crippen MR) is 109 cm³/mol. The second-order valence-corrected chi connectivity index (χ2v) is 6.91. The van der Waals surface area contributed by atoms with Crippen molar-refractivity contribution in [3.63, 3.8) is 0 Å². The normalized spacial score (nSPS) is 14.5. The molecule has 3 rings (SSSR count). The van der Waals surface area contributed by atoms with Gasteiger partial charge < -0.3 is 19.2 Å². The van der Waals surface area contributed by atoms with Gasteiger partial charge in [-0.3, -0.25) is 9.69 Å². The number of methoxy groups -OCH3 is 2. The number of carbonyl (C=O) groups is 1. The fourth-order valence-electron chi connectivity index (χ4n) is 3.33. The summed E-state index contributed by atoms with van der Waals surface area (Å²) in [6.45, 7) is 4.57. The number of aryl methyl sites for hydroxylation is 1. The van der Waals surface area contributed by atoms with Crippen LogP contribution in [0, 0.1) is 6.92 Å². The summed E-state index contributed by atoms with van der Waals surface area (Å²) in [5.74, 6) is 3.32. The highest BCUT2D eigenvalue weighted by Crippen LogP contribution is 2.27. The lowest BCUT2D eigenvalue weighted by molar-refractivity contribution is -0.122. The number of nitrogens with one attached hydrogen (secondary N) is 1. The van der Waals surface area contributed by atoms with E-state index in [0.29, 0.717) is 24.6 Å². The Kier molecular flexibility index (Phi) is 6.76. The van der Waals surface area contributed by atoms with Crippen LogP contribution in [0.25, 0.3) is 5.57 Å². The molecule has 0 saturated carbocycles. The Balaban J connectivity index is 1.42. The maximum atomic E-state index is 12.2. The van der Waals surface area contributed by atoms with E-state index in [1.54, 1.807) is 14.2 Å². The molecule has 0 radical (unpaired) electrons. The number of nitrogens with zero attached hydrogens (tertiary/aromatic N) is 1. The minimum absolute atomic E-state index is 0.0474. The van der Waals surface area contributed by atoms with E-state index in [4.69, 9.17) is 13.9 Å². The Morgan fingerprint density at radius 1 is 1.18 bits per heavy atom. The first-order chi connectivity index (χ1) is 13.6. The number of hydrogen-bond acceptors (Lipinski definition) is 5. The molecular weight excluding hydrogens is 356 g/mol. The SMILES string of the molecule is COc1ccc(CCNC(=O)CN2CC=C(c3ccc(C)o3)CC2)cc1OC. The Hall–Kier alpha value is -2.73. The van der Waals surface area contributed by atoms with Gasteiger partial charge in [0.2, 0.25) is 5.91 Å². The molecule has 0 bridgehead atoms. The Bertz CT molecular complexity index is 841. The number of furan rings is 1. The molecule has 0 atom stereocenters. The lowest BCUT2D eigenvalue weighted by Gasteiger charge is -2.25. The minimum Gasteiger partial charge on any atom is -0.493 e. The molecule has 6 nitrogen and oxygen atoms in total. The Morgan fingerprint density at radius 3 is 2.64 bits per heavy atom. The summed E-state index contributed by atoms with van der Waals surface area (Å²) in [6.07, 6.45) is 3.79. The van der Waals surface area contributed by atoms with Crippen molar-refractivity contribution in [1.29, 1.82) is 0 Å². The smallest absolute Gasteiger partial charge is 0.234 e. The molecule has 2 heterocycles. The van der Waals surface area contributed by atoms with Gasteiger partial charge in [-0.1, -0.05) is 12.1 Å². The summed E-state index contributed by atoms with van der Waals surface area (Å²) in [4.78, 5) is 14.4. The molecule has 0 fully saturated rings. The van der Waals surface area contributed by atoms with Crippen molar-refractivity contribution in [2.24, 2.45) is 0 Å². The molecule has 1 aromatic carbocycles. The molecule has 1 aliphatic rings. The summed E-state index contributed by atoms with van der Waals surface area (Å²) in [5.41, 5.74) is 2.32. The molecule has 150 valence electrons. The van der Waals surface area contributed by atoms with Crippen LogP contribution in [0.3, 0.4) is 0 Å². The van der Waals surface area contributed by atoms with E-state index in [-0.39, 0.29) is 5.91 Å². The van der Waals surface area contributed by atoms with Crippen molar-refractivity contribution < 1.29 is 18.7 Å². The first-order valence-electron chi connectivity index (χ1n) is 9.55. The van der Waals surface area contributed by atoms with Crippen LogP contribution in [0.2, 0.25) is 0 Å². The summed E-state index contributed by atoms with van der Waals surface area (Å²) in [6, 6.07) is 9.80. The quantitative estimate of drug-likeness (QED) is 0.758. The predicted octanol–water partition coefficient (Wildman–Crippen LogP) is 3.05. The third kappa shape index (κ3) is 5.16. The number of benzene rings is 1. The van der Waals surface area contributed by atoms with Crippen molar-refractivity contribution in [2.75, 3.05) is 40.4 Å². The standard InChI is InChI=1S/C22H28N2O4/c1-16-4-6-19(28-16)18-9-12-24(13-10-18)15-22(25)23-11-8-17-5-7-20(26-2)21(14-17)27-3/h4-7,9,14H,8,10-13,15H2,1-3H3,(H,23,25). The second-order valence-electron chi connectivity index (χ2n) is 6.91. The van der Waals surface area contributed by atoms with Gasteiger partial charge in [-0.05, 0) is 55.2 Å². The topological polar surface area (TPSA) is 63.9 Å². The molecule has 1 N–H and O–H groups in total. The molecular formula is C22H28N2O4. The third-order valence-electron chi connectivity index (χ3n) is 4.90. The summed E-state index contributed by atoms with van der Waals surface area (Å²) >= 11 is 0. The second kappa shape index (κ2) is 9.46. The lowest BCUT2D eigenvalue weighted by atomic mass is 10.1. The largest absolute Gasteiger partial charge is 0.493 e. The van der Waals surface area contributed by atoms with Gasteiger partial charge in [0.15, 0.2) is 11.5 Å².